The summed E-state index contributed by atoms with van der Waals surface area (Å²) in [7, 11) is 0. The molecule has 1 amide bonds. The summed E-state index contributed by atoms with van der Waals surface area (Å²) in [5.41, 5.74) is -0.178. The lowest BCUT2D eigenvalue weighted by Gasteiger charge is -2.34. The second kappa shape index (κ2) is 7.10. The van der Waals surface area contributed by atoms with E-state index in [9.17, 15) is 4.79 Å². The Kier molecular flexibility index (Phi) is 6.09. The third-order valence-electron chi connectivity index (χ3n) is 4.06. The molecule has 0 radical (unpaired) electrons. The Morgan fingerprint density at radius 3 is 2.39 bits per heavy atom. The fourth-order valence-electron chi connectivity index (χ4n) is 2.52. The van der Waals surface area contributed by atoms with Gasteiger partial charge < -0.3 is 15.5 Å². The molecule has 0 aromatic carbocycles. The molecule has 0 saturated carbocycles. The number of hydrogen-bond donors (Lipinski definition) is 2. The van der Waals surface area contributed by atoms with Gasteiger partial charge in [0.15, 0.2) is 0 Å². The third-order valence-corrected chi connectivity index (χ3v) is 4.06. The van der Waals surface area contributed by atoms with Crippen molar-refractivity contribution in [2.45, 2.75) is 46.6 Å². The molecule has 0 aromatic rings. The van der Waals surface area contributed by atoms with Crippen LogP contribution in [0, 0.1) is 5.41 Å². The Bertz CT molecular complexity index is 258. The van der Waals surface area contributed by atoms with Gasteiger partial charge in [0.1, 0.15) is 0 Å². The molecule has 106 valence electrons. The van der Waals surface area contributed by atoms with E-state index in [2.05, 4.69) is 43.2 Å². The number of piperidine rings is 1. The zero-order chi connectivity index (χ0) is 13.6. The largest absolute Gasteiger partial charge is 0.352 e. The average Bonchev–Trinajstić information content (AvgIpc) is 2.36. The van der Waals surface area contributed by atoms with Gasteiger partial charge in [0.2, 0.25) is 5.91 Å². The highest BCUT2D eigenvalue weighted by Gasteiger charge is 2.34. The van der Waals surface area contributed by atoms with Crippen molar-refractivity contribution in [3.05, 3.63) is 0 Å². The molecule has 1 fully saturated rings. The van der Waals surface area contributed by atoms with Gasteiger partial charge in [0.25, 0.3) is 0 Å². The Morgan fingerprint density at radius 1 is 1.33 bits per heavy atom. The molecule has 0 bridgehead atoms. The maximum Gasteiger partial charge on any atom is 0.226 e. The van der Waals surface area contributed by atoms with Gasteiger partial charge in [-0.25, -0.2) is 0 Å². The normalized spacial score (nSPS) is 20.7. The van der Waals surface area contributed by atoms with Gasteiger partial charge in [-0.1, -0.05) is 20.8 Å². The van der Waals surface area contributed by atoms with E-state index in [0.717, 1.165) is 45.6 Å². The van der Waals surface area contributed by atoms with Gasteiger partial charge in [-0.15, -0.1) is 0 Å². The number of hydrogen-bond acceptors (Lipinski definition) is 3. The summed E-state index contributed by atoms with van der Waals surface area (Å²) in [6.07, 6.45) is 1.88. The van der Waals surface area contributed by atoms with Crippen LogP contribution in [0.15, 0.2) is 0 Å². The third kappa shape index (κ3) is 4.25. The van der Waals surface area contributed by atoms with Gasteiger partial charge in [0, 0.05) is 18.0 Å². The van der Waals surface area contributed by atoms with Gasteiger partial charge in [-0.05, 0) is 45.9 Å². The van der Waals surface area contributed by atoms with Gasteiger partial charge >= 0.3 is 0 Å². The summed E-state index contributed by atoms with van der Waals surface area (Å²) in [6, 6.07) is 0.226. The lowest BCUT2D eigenvalue weighted by molar-refractivity contribution is -0.132. The maximum absolute atomic E-state index is 12.3. The molecular weight excluding hydrogens is 226 g/mol. The molecule has 1 rings (SSSR count). The molecule has 1 saturated heterocycles. The van der Waals surface area contributed by atoms with Crippen molar-refractivity contribution in [1.82, 2.24) is 15.5 Å². The lowest BCUT2D eigenvalue weighted by atomic mass is 9.80. The molecule has 0 aliphatic carbocycles. The monoisotopic (exact) mass is 255 g/mol. The number of carbonyl (C=O) groups is 1. The highest BCUT2D eigenvalue weighted by molar-refractivity contribution is 5.82. The topological polar surface area (TPSA) is 44.4 Å². The van der Waals surface area contributed by atoms with Crippen LogP contribution in [0.4, 0.5) is 0 Å². The molecule has 0 spiro atoms. The van der Waals surface area contributed by atoms with Crippen molar-refractivity contribution in [2.24, 2.45) is 5.41 Å². The van der Waals surface area contributed by atoms with Crippen LogP contribution in [-0.2, 0) is 4.79 Å². The van der Waals surface area contributed by atoms with Crippen molar-refractivity contribution >= 4 is 5.91 Å². The smallest absolute Gasteiger partial charge is 0.226 e. The van der Waals surface area contributed by atoms with Crippen molar-refractivity contribution < 1.29 is 4.79 Å². The van der Waals surface area contributed by atoms with E-state index in [4.69, 9.17) is 0 Å². The summed E-state index contributed by atoms with van der Waals surface area (Å²) < 4.78 is 0. The van der Waals surface area contributed by atoms with E-state index in [1.807, 2.05) is 0 Å². The minimum atomic E-state index is -0.178. The van der Waals surface area contributed by atoms with Crippen molar-refractivity contribution in [1.29, 1.82) is 0 Å². The van der Waals surface area contributed by atoms with Crippen LogP contribution in [0.5, 0.6) is 0 Å². The first-order chi connectivity index (χ1) is 8.51. The second-order valence-corrected chi connectivity index (χ2v) is 5.67. The quantitative estimate of drug-likeness (QED) is 0.750. The molecule has 1 aliphatic heterocycles. The van der Waals surface area contributed by atoms with Gasteiger partial charge in [-0.2, -0.15) is 0 Å². The van der Waals surface area contributed by atoms with Gasteiger partial charge in [-0.3, -0.25) is 4.79 Å². The van der Waals surface area contributed by atoms with Crippen molar-refractivity contribution in [2.75, 3.05) is 32.7 Å². The minimum Gasteiger partial charge on any atom is -0.352 e. The van der Waals surface area contributed by atoms with Crippen LogP contribution in [0.1, 0.15) is 40.5 Å². The van der Waals surface area contributed by atoms with Crippen LogP contribution in [0.3, 0.4) is 0 Å². The predicted molar refractivity (Wildman–Crippen MR) is 75.6 cm³/mol. The van der Waals surface area contributed by atoms with Crippen molar-refractivity contribution in [3.63, 3.8) is 0 Å². The number of rotatable bonds is 6. The molecule has 18 heavy (non-hydrogen) atoms. The van der Waals surface area contributed by atoms with Gasteiger partial charge in [0.05, 0.1) is 0 Å². The van der Waals surface area contributed by atoms with E-state index in [-0.39, 0.29) is 17.4 Å². The maximum atomic E-state index is 12.3. The highest BCUT2D eigenvalue weighted by atomic mass is 16.2. The SMILES string of the molecule is CCN(CC)CC(C)NC(=O)C1(C)CCNCC1. The number of amides is 1. The molecule has 2 N–H and O–H groups in total. The van der Waals surface area contributed by atoms with Crippen molar-refractivity contribution in [3.8, 4) is 0 Å². The van der Waals surface area contributed by atoms with Crippen LogP contribution in [-0.4, -0.2) is 49.6 Å². The van der Waals surface area contributed by atoms with E-state index in [1.165, 1.54) is 0 Å². The highest BCUT2D eigenvalue weighted by Crippen LogP contribution is 2.28. The van der Waals surface area contributed by atoms with Crippen LogP contribution < -0.4 is 10.6 Å². The Labute approximate surface area is 111 Å². The zero-order valence-electron chi connectivity index (χ0n) is 12.4. The molecule has 0 aromatic heterocycles. The van der Waals surface area contributed by atoms with Crippen LogP contribution in [0.25, 0.3) is 0 Å². The Morgan fingerprint density at radius 2 is 1.89 bits per heavy atom. The first kappa shape index (κ1) is 15.4. The minimum absolute atomic E-state index is 0.178. The lowest BCUT2D eigenvalue weighted by Crippen LogP contribution is -2.50. The average molecular weight is 255 g/mol. The molecule has 1 aliphatic rings. The zero-order valence-corrected chi connectivity index (χ0v) is 12.4. The van der Waals surface area contributed by atoms with Crippen LogP contribution in [0.2, 0.25) is 0 Å². The molecule has 1 heterocycles. The summed E-state index contributed by atoms with van der Waals surface area (Å²) in [5, 5.41) is 6.49. The number of carbonyl (C=O) groups excluding carboxylic acids is 1. The second-order valence-electron chi connectivity index (χ2n) is 5.67. The molecule has 4 heteroatoms. The first-order valence-electron chi connectivity index (χ1n) is 7.26. The van der Waals surface area contributed by atoms with E-state index >= 15 is 0 Å². The standard InChI is InChI=1S/C14H29N3O/c1-5-17(6-2)11-12(3)16-13(18)14(4)7-9-15-10-8-14/h12,15H,5-11H2,1-4H3,(H,16,18). The van der Waals surface area contributed by atoms with E-state index in [1.54, 1.807) is 0 Å². The number of likely N-dealkylation sites (N-methyl/N-ethyl adjacent to an activating group) is 1. The summed E-state index contributed by atoms with van der Waals surface area (Å²) in [4.78, 5) is 14.7. The fourth-order valence-corrected chi connectivity index (χ4v) is 2.52. The van der Waals surface area contributed by atoms with Crippen LogP contribution >= 0.6 is 0 Å². The van der Waals surface area contributed by atoms with E-state index < -0.39 is 0 Å². The number of nitrogens with zero attached hydrogens (tertiary/aromatic N) is 1. The predicted octanol–water partition coefficient (Wildman–Crippen LogP) is 1.22. The Hall–Kier alpha value is -0.610. The summed E-state index contributed by atoms with van der Waals surface area (Å²) in [5.74, 6) is 0.226. The van der Waals surface area contributed by atoms with E-state index in [0.29, 0.717) is 0 Å². The summed E-state index contributed by atoms with van der Waals surface area (Å²) in [6.45, 7) is 13.4. The molecule has 1 atom stereocenters. The number of nitrogens with one attached hydrogen (secondary N) is 2. The fraction of sp³-hybridized carbons (Fsp3) is 0.929. The molecular formula is C14H29N3O. The molecule has 4 nitrogen and oxygen atoms in total. The summed E-state index contributed by atoms with van der Waals surface area (Å²) >= 11 is 0. The first-order valence-corrected chi connectivity index (χ1v) is 7.26. The molecule has 1 unspecified atom stereocenters. The Balaban J connectivity index is 2.43.